The molecule has 0 spiro atoms. The average molecular weight is 307 g/mol. The molecule has 1 aromatic carbocycles. The number of nitrogens with two attached hydrogens (primary N) is 1. The molecular weight excluding hydrogens is 289 g/mol. The third-order valence-corrected chi connectivity index (χ3v) is 3.92. The molecule has 0 saturated carbocycles. The summed E-state index contributed by atoms with van der Waals surface area (Å²) in [4.78, 5) is 19.4. The van der Waals surface area contributed by atoms with Crippen LogP contribution in [0.3, 0.4) is 0 Å². The third-order valence-electron chi connectivity index (χ3n) is 2.95. The molecule has 0 radical (unpaired) electrons. The van der Waals surface area contributed by atoms with Crippen LogP contribution in [0, 0.1) is 5.82 Å². The van der Waals surface area contributed by atoms with E-state index in [2.05, 4.69) is 9.97 Å². The number of aromatic nitrogens is 2. The summed E-state index contributed by atoms with van der Waals surface area (Å²) in [6.45, 7) is 3.75. The minimum absolute atomic E-state index is 0.199. The molecule has 0 aliphatic heterocycles. The Balaban J connectivity index is 2.39. The minimum Gasteiger partial charge on any atom is -0.324 e. The molecule has 1 heterocycles. The molecule has 2 aromatic rings. The van der Waals surface area contributed by atoms with Crippen LogP contribution in [0.1, 0.15) is 37.6 Å². The zero-order chi connectivity index (χ0) is 15.4. The third kappa shape index (κ3) is 3.92. The Morgan fingerprint density at radius 2 is 2.24 bits per heavy atom. The van der Waals surface area contributed by atoms with Crippen molar-refractivity contribution in [2.24, 2.45) is 5.73 Å². The summed E-state index contributed by atoms with van der Waals surface area (Å²) < 4.78 is 13.9. The number of benzene rings is 1. The first-order chi connectivity index (χ1) is 10.0. The molecule has 0 fully saturated rings. The van der Waals surface area contributed by atoms with Gasteiger partial charge in [-0.25, -0.2) is 9.37 Å². The summed E-state index contributed by atoms with van der Waals surface area (Å²) in [5.74, 6) is -0.345. The van der Waals surface area contributed by atoms with Crippen LogP contribution in [-0.2, 0) is 6.42 Å². The highest BCUT2D eigenvalue weighted by molar-refractivity contribution is 7.99. The maximum atomic E-state index is 13.9. The molecular formula is C15H18FN3OS. The molecule has 6 heteroatoms. The Hall–Kier alpha value is -1.66. The van der Waals surface area contributed by atoms with Gasteiger partial charge >= 0.3 is 0 Å². The van der Waals surface area contributed by atoms with Gasteiger partial charge in [-0.1, -0.05) is 31.2 Å². The van der Waals surface area contributed by atoms with Gasteiger partial charge in [0.1, 0.15) is 5.82 Å². The van der Waals surface area contributed by atoms with Gasteiger partial charge in [-0.15, -0.1) is 0 Å². The van der Waals surface area contributed by atoms with Crippen molar-refractivity contribution < 1.29 is 4.39 Å². The second-order valence-corrected chi connectivity index (χ2v) is 5.86. The van der Waals surface area contributed by atoms with Crippen molar-refractivity contribution in [3.8, 4) is 0 Å². The smallest absolute Gasteiger partial charge is 0.251 e. The SMILES string of the molecule is CCCc1cc(=O)[nH]c(Sc2cccc(F)c2[C@H](C)N)n1. The first kappa shape index (κ1) is 15.7. The Kier molecular flexibility index (Phi) is 5.14. The van der Waals surface area contributed by atoms with Gasteiger partial charge in [0.05, 0.1) is 0 Å². The number of nitrogens with zero attached hydrogens (tertiary/aromatic N) is 1. The van der Waals surface area contributed by atoms with Gasteiger partial charge in [-0.05, 0) is 25.5 Å². The molecule has 1 aromatic heterocycles. The summed E-state index contributed by atoms with van der Waals surface area (Å²) >= 11 is 1.22. The lowest BCUT2D eigenvalue weighted by Crippen LogP contribution is -2.11. The number of aryl methyl sites for hydroxylation is 1. The van der Waals surface area contributed by atoms with E-state index >= 15 is 0 Å². The fraction of sp³-hybridized carbons (Fsp3) is 0.333. The summed E-state index contributed by atoms with van der Waals surface area (Å²) in [5.41, 5.74) is 6.81. The largest absolute Gasteiger partial charge is 0.324 e. The Labute approximate surface area is 127 Å². The number of hydrogen-bond donors (Lipinski definition) is 2. The van der Waals surface area contributed by atoms with Gasteiger partial charge in [0.15, 0.2) is 5.16 Å². The Bertz CT molecular complexity index is 685. The van der Waals surface area contributed by atoms with Gasteiger partial charge in [0.25, 0.3) is 5.56 Å². The summed E-state index contributed by atoms with van der Waals surface area (Å²) in [7, 11) is 0. The van der Waals surface area contributed by atoms with Crippen LogP contribution in [0.4, 0.5) is 4.39 Å². The van der Waals surface area contributed by atoms with Gasteiger partial charge < -0.3 is 10.7 Å². The van der Waals surface area contributed by atoms with Gasteiger partial charge in [-0.2, -0.15) is 0 Å². The highest BCUT2D eigenvalue weighted by Gasteiger charge is 2.14. The summed E-state index contributed by atoms with van der Waals surface area (Å²) in [6, 6.07) is 5.84. The van der Waals surface area contributed by atoms with Crippen LogP contribution in [0.2, 0.25) is 0 Å². The molecule has 0 amide bonds. The van der Waals surface area contributed by atoms with E-state index in [1.54, 1.807) is 19.1 Å². The Morgan fingerprint density at radius 1 is 1.48 bits per heavy atom. The van der Waals surface area contributed by atoms with Crippen molar-refractivity contribution in [1.29, 1.82) is 0 Å². The van der Waals surface area contributed by atoms with E-state index in [9.17, 15) is 9.18 Å². The quantitative estimate of drug-likeness (QED) is 0.833. The van der Waals surface area contributed by atoms with Crippen molar-refractivity contribution >= 4 is 11.8 Å². The zero-order valence-electron chi connectivity index (χ0n) is 12.0. The highest BCUT2D eigenvalue weighted by atomic mass is 32.2. The minimum atomic E-state index is -0.431. The van der Waals surface area contributed by atoms with Crippen LogP contribution in [0.25, 0.3) is 0 Å². The normalized spacial score (nSPS) is 12.4. The maximum Gasteiger partial charge on any atom is 0.251 e. The topological polar surface area (TPSA) is 71.8 Å². The van der Waals surface area contributed by atoms with Gasteiger partial charge in [-0.3, -0.25) is 4.79 Å². The molecule has 4 nitrogen and oxygen atoms in total. The predicted octanol–water partition coefficient (Wildman–Crippen LogP) is 3.03. The second kappa shape index (κ2) is 6.87. The van der Waals surface area contributed by atoms with Crippen molar-refractivity contribution in [1.82, 2.24) is 9.97 Å². The fourth-order valence-electron chi connectivity index (χ4n) is 2.07. The van der Waals surface area contributed by atoms with E-state index in [4.69, 9.17) is 5.73 Å². The average Bonchev–Trinajstić information content (AvgIpc) is 2.37. The highest BCUT2D eigenvalue weighted by Crippen LogP contribution is 2.32. The number of hydrogen-bond acceptors (Lipinski definition) is 4. The van der Waals surface area contributed by atoms with E-state index in [-0.39, 0.29) is 11.4 Å². The molecule has 1 atom stereocenters. The van der Waals surface area contributed by atoms with E-state index in [1.807, 2.05) is 6.92 Å². The van der Waals surface area contributed by atoms with Crippen LogP contribution < -0.4 is 11.3 Å². The van der Waals surface area contributed by atoms with Crippen molar-refractivity contribution in [2.45, 2.75) is 42.8 Å². The van der Waals surface area contributed by atoms with Crippen molar-refractivity contribution in [3.63, 3.8) is 0 Å². The summed E-state index contributed by atoms with van der Waals surface area (Å²) in [6.07, 6.45) is 1.65. The van der Waals surface area contributed by atoms with Crippen LogP contribution >= 0.6 is 11.8 Å². The van der Waals surface area contributed by atoms with Crippen LogP contribution in [-0.4, -0.2) is 9.97 Å². The van der Waals surface area contributed by atoms with Gasteiger partial charge in [0.2, 0.25) is 0 Å². The predicted molar refractivity (Wildman–Crippen MR) is 82.0 cm³/mol. The number of rotatable bonds is 5. The number of H-pyrrole nitrogens is 1. The first-order valence-corrected chi connectivity index (χ1v) is 7.65. The molecule has 2 rings (SSSR count). The van der Waals surface area contributed by atoms with Gasteiger partial charge in [0, 0.05) is 28.3 Å². The second-order valence-electron chi connectivity index (χ2n) is 4.83. The number of nitrogens with one attached hydrogen (secondary N) is 1. The van der Waals surface area contributed by atoms with E-state index in [0.717, 1.165) is 18.5 Å². The molecule has 0 aliphatic carbocycles. The lowest BCUT2D eigenvalue weighted by Gasteiger charge is -2.13. The molecule has 0 saturated heterocycles. The zero-order valence-corrected chi connectivity index (χ0v) is 12.8. The molecule has 0 unspecified atom stereocenters. The Morgan fingerprint density at radius 3 is 2.90 bits per heavy atom. The monoisotopic (exact) mass is 307 g/mol. The molecule has 0 aliphatic rings. The number of halogens is 1. The number of aromatic amines is 1. The van der Waals surface area contributed by atoms with E-state index in [0.29, 0.717) is 15.6 Å². The lowest BCUT2D eigenvalue weighted by molar-refractivity contribution is 0.585. The first-order valence-electron chi connectivity index (χ1n) is 6.83. The summed E-state index contributed by atoms with van der Waals surface area (Å²) in [5, 5.41) is 0.457. The van der Waals surface area contributed by atoms with Crippen LogP contribution in [0.15, 0.2) is 39.1 Å². The van der Waals surface area contributed by atoms with Crippen LogP contribution in [0.5, 0.6) is 0 Å². The standard InChI is InChI=1S/C15H18FN3OS/c1-3-5-10-8-13(20)19-15(18-10)21-12-7-4-6-11(16)14(12)9(2)17/h4,6-9H,3,5,17H2,1-2H3,(H,18,19,20)/t9-/m0/s1. The molecule has 21 heavy (non-hydrogen) atoms. The fourth-order valence-corrected chi connectivity index (χ4v) is 3.13. The maximum absolute atomic E-state index is 13.9. The van der Waals surface area contributed by atoms with E-state index < -0.39 is 6.04 Å². The molecule has 112 valence electrons. The molecule has 0 bridgehead atoms. The van der Waals surface area contributed by atoms with Crippen molar-refractivity contribution in [2.75, 3.05) is 0 Å². The van der Waals surface area contributed by atoms with Crippen molar-refractivity contribution in [3.05, 3.63) is 51.7 Å². The molecule has 3 N–H and O–H groups in total. The van der Waals surface area contributed by atoms with E-state index in [1.165, 1.54) is 23.9 Å². The lowest BCUT2D eigenvalue weighted by atomic mass is 10.1.